The van der Waals surface area contributed by atoms with E-state index in [2.05, 4.69) is 22.5 Å². The van der Waals surface area contributed by atoms with E-state index in [1.54, 1.807) is 29.6 Å². The lowest BCUT2D eigenvalue weighted by atomic mass is 10.0. The fourth-order valence-electron chi connectivity index (χ4n) is 2.79. The van der Waals surface area contributed by atoms with Crippen LogP contribution in [0.3, 0.4) is 0 Å². The van der Waals surface area contributed by atoms with Crippen LogP contribution in [0.1, 0.15) is 30.3 Å². The zero-order valence-electron chi connectivity index (χ0n) is 13.8. The van der Waals surface area contributed by atoms with Crippen LogP contribution in [0.4, 0.5) is 15.6 Å². The van der Waals surface area contributed by atoms with Crippen molar-refractivity contribution >= 4 is 45.7 Å². The van der Waals surface area contributed by atoms with Gasteiger partial charge in [-0.2, -0.15) is 0 Å². The van der Waals surface area contributed by atoms with Gasteiger partial charge in [-0.15, -0.1) is 11.3 Å². The second kappa shape index (κ2) is 7.84. The van der Waals surface area contributed by atoms with Crippen LogP contribution in [0.15, 0.2) is 29.6 Å². The molecule has 1 aliphatic rings. The van der Waals surface area contributed by atoms with E-state index < -0.39 is 6.03 Å². The molecule has 1 atom stereocenters. The van der Waals surface area contributed by atoms with Gasteiger partial charge >= 0.3 is 6.03 Å². The van der Waals surface area contributed by atoms with Gasteiger partial charge in [-0.3, -0.25) is 10.1 Å². The first-order chi connectivity index (χ1) is 12.0. The van der Waals surface area contributed by atoms with Crippen LogP contribution < -0.4 is 10.6 Å². The van der Waals surface area contributed by atoms with Crippen LogP contribution in [-0.4, -0.2) is 34.9 Å². The van der Waals surface area contributed by atoms with Crippen LogP contribution in [0, 0.1) is 5.92 Å². The van der Waals surface area contributed by atoms with Crippen LogP contribution in [0.2, 0.25) is 5.02 Å². The predicted octanol–water partition coefficient (Wildman–Crippen LogP) is 4.31. The number of rotatable bonds is 3. The zero-order chi connectivity index (χ0) is 17.8. The van der Waals surface area contributed by atoms with Gasteiger partial charge in [-0.1, -0.05) is 24.6 Å². The van der Waals surface area contributed by atoms with Crippen LogP contribution in [0.5, 0.6) is 0 Å². The number of nitrogens with one attached hydrogen (secondary N) is 2. The maximum Gasteiger partial charge on any atom is 0.325 e. The number of carbonyl (C=O) groups is 2. The lowest BCUT2D eigenvalue weighted by Gasteiger charge is -2.30. The number of urea groups is 1. The topological polar surface area (TPSA) is 74.3 Å². The summed E-state index contributed by atoms with van der Waals surface area (Å²) < 4.78 is 0. The van der Waals surface area contributed by atoms with Crippen molar-refractivity contribution in [1.82, 2.24) is 9.88 Å². The predicted molar refractivity (Wildman–Crippen MR) is 101 cm³/mol. The minimum atomic E-state index is -0.429. The van der Waals surface area contributed by atoms with Crippen molar-refractivity contribution in [2.24, 2.45) is 5.92 Å². The number of carbonyl (C=O) groups excluding carboxylic acids is 2. The Labute approximate surface area is 155 Å². The monoisotopic (exact) mass is 378 g/mol. The summed E-state index contributed by atoms with van der Waals surface area (Å²) in [6.07, 6.45) is 2.17. The summed E-state index contributed by atoms with van der Waals surface area (Å²) in [5.41, 5.74) is 0.956. The Morgan fingerprint density at radius 1 is 1.36 bits per heavy atom. The van der Waals surface area contributed by atoms with Gasteiger partial charge in [0.05, 0.1) is 0 Å². The van der Waals surface area contributed by atoms with Gasteiger partial charge in [0.25, 0.3) is 5.91 Å². The van der Waals surface area contributed by atoms with Crippen molar-refractivity contribution in [2.45, 2.75) is 19.8 Å². The van der Waals surface area contributed by atoms with E-state index >= 15 is 0 Å². The fraction of sp³-hybridized carbons (Fsp3) is 0.353. The van der Waals surface area contributed by atoms with E-state index in [9.17, 15) is 9.59 Å². The van der Waals surface area contributed by atoms with Gasteiger partial charge in [0.1, 0.15) is 5.69 Å². The first kappa shape index (κ1) is 17.7. The second-order valence-electron chi connectivity index (χ2n) is 6.13. The first-order valence-electron chi connectivity index (χ1n) is 8.09. The Kier molecular flexibility index (Phi) is 5.55. The molecular formula is C17H19ClN4O2S. The van der Waals surface area contributed by atoms with E-state index in [1.165, 1.54) is 11.3 Å². The van der Waals surface area contributed by atoms with E-state index in [4.69, 9.17) is 11.6 Å². The summed E-state index contributed by atoms with van der Waals surface area (Å²) in [4.78, 5) is 30.6. The number of anilines is 2. The van der Waals surface area contributed by atoms with Gasteiger partial charge in [0.15, 0.2) is 5.13 Å². The highest BCUT2D eigenvalue weighted by Gasteiger charge is 2.24. The molecule has 2 aromatic rings. The Morgan fingerprint density at radius 2 is 2.20 bits per heavy atom. The molecule has 1 saturated heterocycles. The molecule has 0 aliphatic carbocycles. The summed E-state index contributed by atoms with van der Waals surface area (Å²) in [6.45, 7) is 3.67. The number of thiazole rings is 1. The molecule has 2 N–H and O–H groups in total. The number of benzene rings is 1. The third-order valence-electron chi connectivity index (χ3n) is 3.97. The number of likely N-dealkylation sites (tertiary alicyclic amines) is 1. The smallest absolute Gasteiger partial charge is 0.325 e. The fourth-order valence-corrected chi connectivity index (χ4v) is 3.66. The molecule has 1 fully saturated rings. The van der Waals surface area contributed by atoms with Gasteiger partial charge < -0.3 is 10.2 Å². The first-order valence-corrected chi connectivity index (χ1v) is 9.35. The molecule has 0 radical (unpaired) electrons. The normalized spacial score (nSPS) is 17.2. The molecular weight excluding hydrogens is 360 g/mol. The van der Waals surface area contributed by atoms with Crippen LogP contribution >= 0.6 is 22.9 Å². The summed E-state index contributed by atoms with van der Waals surface area (Å²) in [6, 6.07) is 6.43. The van der Waals surface area contributed by atoms with Crippen molar-refractivity contribution in [3.05, 3.63) is 40.4 Å². The third-order valence-corrected chi connectivity index (χ3v) is 4.96. The molecule has 2 heterocycles. The van der Waals surface area contributed by atoms with Gasteiger partial charge in [0.2, 0.25) is 0 Å². The zero-order valence-corrected chi connectivity index (χ0v) is 15.4. The van der Waals surface area contributed by atoms with E-state index in [0.29, 0.717) is 27.5 Å². The largest absolute Gasteiger partial charge is 0.337 e. The second-order valence-corrected chi connectivity index (χ2v) is 7.42. The number of halogens is 1. The third kappa shape index (κ3) is 4.70. The molecule has 0 bridgehead atoms. The van der Waals surface area contributed by atoms with Gasteiger partial charge in [-0.05, 0) is 37.0 Å². The molecule has 1 aromatic carbocycles. The lowest BCUT2D eigenvalue weighted by Crippen LogP contribution is -2.39. The number of hydrogen-bond acceptors (Lipinski definition) is 4. The summed E-state index contributed by atoms with van der Waals surface area (Å²) in [7, 11) is 0. The quantitative estimate of drug-likeness (QED) is 0.835. The highest BCUT2D eigenvalue weighted by Crippen LogP contribution is 2.21. The molecule has 1 aromatic heterocycles. The van der Waals surface area contributed by atoms with Crippen molar-refractivity contribution in [3.63, 3.8) is 0 Å². The Hall–Kier alpha value is -2.12. The molecule has 1 aliphatic heterocycles. The Morgan fingerprint density at radius 3 is 2.96 bits per heavy atom. The molecule has 3 amide bonds. The van der Waals surface area contributed by atoms with E-state index in [-0.39, 0.29) is 5.91 Å². The molecule has 1 unspecified atom stereocenters. The molecule has 0 spiro atoms. The SMILES string of the molecule is CC1CCCN(C(=O)c2csc(NC(=O)Nc3cccc(Cl)c3)n2)C1. The highest BCUT2D eigenvalue weighted by molar-refractivity contribution is 7.14. The number of nitrogens with zero attached hydrogens (tertiary/aromatic N) is 2. The van der Waals surface area contributed by atoms with Gasteiger partial charge in [0, 0.05) is 29.2 Å². The molecule has 132 valence electrons. The Balaban J connectivity index is 1.59. The molecule has 3 rings (SSSR count). The standard InChI is InChI=1S/C17H19ClN4O2S/c1-11-4-3-7-22(9-11)15(23)14-10-25-17(20-14)21-16(24)19-13-6-2-5-12(18)8-13/h2,5-6,8,10-11H,3-4,7,9H2,1H3,(H2,19,20,21,24). The Bertz CT molecular complexity index is 780. The average molecular weight is 379 g/mol. The van der Waals surface area contributed by atoms with Gasteiger partial charge in [-0.25, -0.2) is 9.78 Å². The van der Waals surface area contributed by atoms with Crippen molar-refractivity contribution in [3.8, 4) is 0 Å². The number of aromatic nitrogens is 1. The van der Waals surface area contributed by atoms with Crippen LogP contribution in [-0.2, 0) is 0 Å². The summed E-state index contributed by atoms with van der Waals surface area (Å²) in [5, 5.41) is 7.91. The van der Waals surface area contributed by atoms with Crippen molar-refractivity contribution in [2.75, 3.05) is 23.7 Å². The molecule has 25 heavy (non-hydrogen) atoms. The summed E-state index contributed by atoms with van der Waals surface area (Å²) >= 11 is 7.11. The highest BCUT2D eigenvalue weighted by atomic mass is 35.5. The van der Waals surface area contributed by atoms with Crippen molar-refractivity contribution in [1.29, 1.82) is 0 Å². The maximum absolute atomic E-state index is 12.5. The minimum Gasteiger partial charge on any atom is -0.337 e. The van der Waals surface area contributed by atoms with Crippen molar-refractivity contribution < 1.29 is 9.59 Å². The average Bonchev–Trinajstić information content (AvgIpc) is 3.02. The van der Waals surface area contributed by atoms with E-state index in [0.717, 1.165) is 25.9 Å². The number of hydrogen-bond donors (Lipinski definition) is 2. The number of piperidine rings is 1. The van der Waals surface area contributed by atoms with E-state index in [1.807, 2.05) is 4.90 Å². The number of amides is 3. The molecule has 6 nitrogen and oxygen atoms in total. The summed E-state index contributed by atoms with van der Waals surface area (Å²) in [5.74, 6) is 0.434. The lowest BCUT2D eigenvalue weighted by molar-refractivity contribution is 0.0678. The maximum atomic E-state index is 12.5. The molecule has 0 saturated carbocycles. The molecule has 8 heteroatoms. The minimum absolute atomic E-state index is 0.0777. The van der Waals surface area contributed by atoms with Crippen LogP contribution in [0.25, 0.3) is 0 Å².